The zero-order valence-corrected chi connectivity index (χ0v) is 12.5. The Morgan fingerprint density at radius 2 is 1.85 bits per heavy atom. The summed E-state index contributed by atoms with van der Waals surface area (Å²) in [5.74, 6) is 1.14. The summed E-state index contributed by atoms with van der Waals surface area (Å²) in [6, 6.07) is 3.95. The van der Waals surface area contributed by atoms with Crippen LogP contribution in [0.3, 0.4) is 0 Å². The molecule has 1 aromatic rings. The van der Waals surface area contributed by atoms with Gasteiger partial charge in [-0.1, -0.05) is 13.8 Å². The van der Waals surface area contributed by atoms with Crippen LogP contribution in [0.2, 0.25) is 0 Å². The Bertz CT molecular complexity index is 515. The van der Waals surface area contributed by atoms with E-state index in [2.05, 4.69) is 13.8 Å². The molecule has 0 atom stereocenters. The zero-order valence-electron chi connectivity index (χ0n) is 12.5. The van der Waals surface area contributed by atoms with Crippen LogP contribution >= 0.6 is 0 Å². The second kappa shape index (κ2) is 5.35. The summed E-state index contributed by atoms with van der Waals surface area (Å²) < 4.78 is 11.0. The minimum Gasteiger partial charge on any atom is -0.496 e. The molecule has 0 spiro atoms. The highest BCUT2D eigenvalue weighted by molar-refractivity contribution is 5.71. The third kappa shape index (κ3) is 2.60. The average Bonchev–Trinajstić information content (AvgIpc) is 3.16. The second-order valence-electron chi connectivity index (χ2n) is 5.80. The lowest BCUT2D eigenvalue weighted by Gasteiger charge is -2.21. The number of ether oxygens (including phenoxy) is 2. The van der Waals surface area contributed by atoms with Gasteiger partial charge in [0.25, 0.3) is 0 Å². The van der Waals surface area contributed by atoms with E-state index in [1.54, 1.807) is 14.2 Å². The maximum atomic E-state index is 11.1. The van der Waals surface area contributed by atoms with Crippen molar-refractivity contribution in [1.29, 1.82) is 0 Å². The fraction of sp³-hybridized carbons (Fsp3) is 0.562. The molecule has 4 heteroatoms. The van der Waals surface area contributed by atoms with Crippen molar-refractivity contribution in [2.75, 3.05) is 14.2 Å². The lowest BCUT2D eigenvalue weighted by Crippen LogP contribution is -2.15. The Morgan fingerprint density at radius 3 is 2.25 bits per heavy atom. The first-order valence-electron chi connectivity index (χ1n) is 6.91. The maximum Gasteiger partial charge on any atom is 0.304 e. The average molecular weight is 278 g/mol. The number of rotatable bonds is 6. The molecule has 0 unspecified atom stereocenters. The van der Waals surface area contributed by atoms with Crippen molar-refractivity contribution >= 4 is 5.97 Å². The fourth-order valence-electron chi connectivity index (χ4n) is 2.77. The van der Waals surface area contributed by atoms with Gasteiger partial charge in [0.15, 0.2) is 0 Å². The van der Waals surface area contributed by atoms with Gasteiger partial charge in [0.2, 0.25) is 0 Å². The van der Waals surface area contributed by atoms with Crippen LogP contribution in [0.1, 0.15) is 50.2 Å². The van der Waals surface area contributed by atoms with E-state index in [-0.39, 0.29) is 11.8 Å². The van der Waals surface area contributed by atoms with Crippen LogP contribution in [0.4, 0.5) is 0 Å². The zero-order chi connectivity index (χ0) is 14.9. The molecule has 2 rings (SSSR count). The van der Waals surface area contributed by atoms with Gasteiger partial charge in [0.1, 0.15) is 11.5 Å². The van der Waals surface area contributed by atoms with Crippen LogP contribution < -0.4 is 9.47 Å². The molecular formula is C16H22O4. The van der Waals surface area contributed by atoms with Crippen molar-refractivity contribution in [1.82, 2.24) is 0 Å². The van der Waals surface area contributed by atoms with E-state index in [0.717, 1.165) is 35.5 Å². The molecule has 1 aliphatic rings. The number of hydrogen-bond donors (Lipinski definition) is 1. The summed E-state index contributed by atoms with van der Waals surface area (Å²) in [7, 11) is 3.28. The van der Waals surface area contributed by atoms with E-state index < -0.39 is 5.97 Å². The first-order valence-corrected chi connectivity index (χ1v) is 6.91. The molecule has 1 aliphatic carbocycles. The second-order valence-corrected chi connectivity index (χ2v) is 5.80. The van der Waals surface area contributed by atoms with Gasteiger partial charge in [0, 0.05) is 16.5 Å². The smallest absolute Gasteiger partial charge is 0.304 e. The third-order valence-corrected chi connectivity index (χ3v) is 4.09. The van der Waals surface area contributed by atoms with Crippen molar-refractivity contribution in [2.45, 2.75) is 44.4 Å². The van der Waals surface area contributed by atoms with Gasteiger partial charge >= 0.3 is 5.97 Å². The van der Waals surface area contributed by atoms with E-state index in [1.165, 1.54) is 0 Å². The number of carboxylic acids is 1. The van der Waals surface area contributed by atoms with E-state index in [1.807, 2.05) is 12.1 Å². The number of aliphatic carboxylic acids is 1. The molecule has 110 valence electrons. The molecule has 1 aromatic carbocycles. The standard InChI is InChI=1S/C16H22O4/c1-10(2)11-7-14(20-4)12(8-13(11)19-3)16(5-6-16)9-15(17)18/h7-8,10H,5-6,9H2,1-4H3,(H,17,18). The van der Waals surface area contributed by atoms with Crippen LogP contribution in [0.15, 0.2) is 12.1 Å². The summed E-state index contributed by atoms with van der Waals surface area (Å²) >= 11 is 0. The van der Waals surface area contributed by atoms with Crippen LogP contribution in [0.5, 0.6) is 11.5 Å². The molecule has 1 saturated carbocycles. The molecule has 4 nitrogen and oxygen atoms in total. The van der Waals surface area contributed by atoms with Crippen molar-refractivity contribution in [3.8, 4) is 11.5 Å². The molecule has 1 N–H and O–H groups in total. The Hall–Kier alpha value is -1.71. The SMILES string of the molecule is COc1cc(C2(CC(=O)O)CC2)c(OC)cc1C(C)C. The molecule has 0 bridgehead atoms. The number of carboxylic acid groups (broad SMARTS) is 1. The van der Waals surface area contributed by atoms with Crippen molar-refractivity contribution in [3.05, 3.63) is 23.3 Å². The Kier molecular flexibility index (Phi) is 3.93. The predicted octanol–water partition coefficient (Wildman–Crippen LogP) is 3.33. The fourth-order valence-corrected chi connectivity index (χ4v) is 2.77. The van der Waals surface area contributed by atoms with Crippen LogP contribution in [0, 0.1) is 0 Å². The monoisotopic (exact) mass is 278 g/mol. The largest absolute Gasteiger partial charge is 0.496 e. The van der Waals surface area contributed by atoms with Gasteiger partial charge in [-0.15, -0.1) is 0 Å². The van der Waals surface area contributed by atoms with Crippen LogP contribution in [0.25, 0.3) is 0 Å². The summed E-state index contributed by atoms with van der Waals surface area (Å²) in [6.07, 6.45) is 1.92. The number of benzene rings is 1. The van der Waals surface area contributed by atoms with Crippen LogP contribution in [-0.4, -0.2) is 25.3 Å². The number of methoxy groups -OCH3 is 2. The van der Waals surface area contributed by atoms with Gasteiger partial charge in [-0.3, -0.25) is 4.79 Å². The summed E-state index contributed by atoms with van der Waals surface area (Å²) in [4.78, 5) is 11.1. The molecule has 20 heavy (non-hydrogen) atoms. The minimum absolute atomic E-state index is 0.146. The van der Waals surface area contributed by atoms with Gasteiger partial charge in [-0.05, 0) is 30.9 Å². The molecule has 0 aromatic heterocycles. The van der Waals surface area contributed by atoms with Gasteiger partial charge < -0.3 is 14.6 Å². The molecule has 1 fully saturated rings. The van der Waals surface area contributed by atoms with Crippen molar-refractivity contribution in [2.24, 2.45) is 0 Å². The van der Waals surface area contributed by atoms with Gasteiger partial charge in [0.05, 0.1) is 20.6 Å². The number of hydrogen-bond acceptors (Lipinski definition) is 3. The topological polar surface area (TPSA) is 55.8 Å². The lowest BCUT2D eigenvalue weighted by molar-refractivity contribution is -0.137. The maximum absolute atomic E-state index is 11.1. The van der Waals surface area contributed by atoms with E-state index in [0.29, 0.717) is 5.92 Å². The molecule has 0 heterocycles. The lowest BCUT2D eigenvalue weighted by atomic mass is 9.88. The van der Waals surface area contributed by atoms with Crippen molar-refractivity contribution < 1.29 is 19.4 Å². The molecule has 0 saturated heterocycles. The van der Waals surface area contributed by atoms with E-state index in [9.17, 15) is 4.79 Å². The molecule has 0 aliphatic heterocycles. The summed E-state index contributed by atoms with van der Waals surface area (Å²) in [5, 5.41) is 9.11. The highest BCUT2D eigenvalue weighted by Crippen LogP contribution is 2.55. The highest BCUT2D eigenvalue weighted by atomic mass is 16.5. The Morgan fingerprint density at radius 1 is 1.25 bits per heavy atom. The molecule has 0 radical (unpaired) electrons. The highest BCUT2D eigenvalue weighted by Gasteiger charge is 2.48. The Balaban J connectivity index is 2.50. The number of carbonyl (C=O) groups is 1. The first-order chi connectivity index (χ1) is 9.43. The van der Waals surface area contributed by atoms with E-state index in [4.69, 9.17) is 14.6 Å². The third-order valence-electron chi connectivity index (χ3n) is 4.09. The van der Waals surface area contributed by atoms with Gasteiger partial charge in [-0.2, -0.15) is 0 Å². The van der Waals surface area contributed by atoms with Gasteiger partial charge in [-0.25, -0.2) is 0 Å². The predicted molar refractivity (Wildman–Crippen MR) is 76.8 cm³/mol. The van der Waals surface area contributed by atoms with Crippen molar-refractivity contribution in [3.63, 3.8) is 0 Å². The quantitative estimate of drug-likeness (QED) is 0.867. The summed E-state index contributed by atoms with van der Waals surface area (Å²) in [5.41, 5.74) is 1.77. The summed E-state index contributed by atoms with van der Waals surface area (Å²) in [6.45, 7) is 4.20. The van der Waals surface area contributed by atoms with Crippen LogP contribution in [-0.2, 0) is 10.2 Å². The normalized spacial score (nSPS) is 16.1. The Labute approximate surface area is 119 Å². The minimum atomic E-state index is -0.767. The first kappa shape index (κ1) is 14.7. The van der Waals surface area contributed by atoms with E-state index >= 15 is 0 Å². The molecular weight excluding hydrogens is 256 g/mol. The molecule has 0 amide bonds.